The Morgan fingerprint density at radius 2 is 2.00 bits per heavy atom. The molecule has 0 spiro atoms. The van der Waals surface area contributed by atoms with Crippen LogP contribution in [0.25, 0.3) is 6.08 Å². The van der Waals surface area contributed by atoms with E-state index in [-0.39, 0.29) is 6.16 Å². The summed E-state index contributed by atoms with van der Waals surface area (Å²) in [6.07, 6.45) is 16.4. The van der Waals surface area contributed by atoms with E-state index in [1.807, 2.05) is 25.1 Å². The monoisotopic (exact) mass is 397 g/mol. The molecule has 5 nitrogen and oxygen atoms in total. The number of hydrogen-bond donors (Lipinski definition) is 3. The van der Waals surface area contributed by atoms with Crippen molar-refractivity contribution in [3.8, 4) is 0 Å². The summed E-state index contributed by atoms with van der Waals surface area (Å²) >= 11 is 0. The number of nitrogens with two attached hydrogens (primary N) is 1. The van der Waals surface area contributed by atoms with Gasteiger partial charge in [-0.1, -0.05) is 44.6 Å². The Hall–Kier alpha value is -0.870. The maximum atomic E-state index is 11.0. The van der Waals surface area contributed by atoms with Crippen molar-refractivity contribution >= 4 is 13.7 Å². The lowest BCUT2D eigenvalue weighted by atomic mass is 9.86. The van der Waals surface area contributed by atoms with Crippen LogP contribution >= 0.6 is 7.60 Å². The molecule has 1 saturated carbocycles. The molecule has 1 fully saturated rings. The van der Waals surface area contributed by atoms with Gasteiger partial charge in [0.1, 0.15) is 11.5 Å². The van der Waals surface area contributed by atoms with Gasteiger partial charge in [-0.25, -0.2) is 0 Å². The van der Waals surface area contributed by atoms with E-state index < -0.39 is 13.1 Å². The van der Waals surface area contributed by atoms with Crippen molar-refractivity contribution in [2.24, 2.45) is 11.7 Å². The van der Waals surface area contributed by atoms with Crippen molar-refractivity contribution in [1.29, 1.82) is 0 Å². The fourth-order valence-corrected chi connectivity index (χ4v) is 4.56. The molecular formula is C21H36NO4P. The van der Waals surface area contributed by atoms with Crippen LogP contribution in [-0.4, -0.2) is 21.5 Å². The van der Waals surface area contributed by atoms with Gasteiger partial charge < -0.3 is 19.9 Å². The summed E-state index contributed by atoms with van der Waals surface area (Å²) in [4.78, 5) is 18.0. The second kappa shape index (κ2) is 10.6. The van der Waals surface area contributed by atoms with Crippen LogP contribution < -0.4 is 5.73 Å². The van der Waals surface area contributed by atoms with Gasteiger partial charge >= 0.3 is 7.60 Å². The quantitative estimate of drug-likeness (QED) is 0.349. The minimum Gasteiger partial charge on any atom is -0.462 e. The van der Waals surface area contributed by atoms with Crippen LogP contribution in [0.4, 0.5) is 0 Å². The molecule has 0 aromatic carbocycles. The van der Waals surface area contributed by atoms with Gasteiger partial charge in [-0.2, -0.15) is 0 Å². The lowest BCUT2D eigenvalue weighted by Crippen LogP contribution is -2.37. The van der Waals surface area contributed by atoms with Crippen molar-refractivity contribution < 1.29 is 18.8 Å². The Balaban J connectivity index is 1.67. The molecule has 1 aliphatic rings. The van der Waals surface area contributed by atoms with E-state index in [4.69, 9.17) is 19.9 Å². The predicted molar refractivity (Wildman–Crippen MR) is 111 cm³/mol. The van der Waals surface area contributed by atoms with Crippen LogP contribution in [0.15, 0.2) is 22.6 Å². The summed E-state index contributed by atoms with van der Waals surface area (Å²) in [5, 5.41) is 0. The van der Waals surface area contributed by atoms with E-state index in [0.717, 1.165) is 23.9 Å². The van der Waals surface area contributed by atoms with Crippen molar-refractivity contribution in [3.05, 3.63) is 29.7 Å². The van der Waals surface area contributed by atoms with Gasteiger partial charge in [0.15, 0.2) is 0 Å². The molecule has 1 aromatic heterocycles. The first-order valence-electron chi connectivity index (χ1n) is 10.3. The minimum atomic E-state index is -3.99. The lowest BCUT2D eigenvalue weighted by Gasteiger charge is -2.24. The van der Waals surface area contributed by atoms with E-state index >= 15 is 0 Å². The third kappa shape index (κ3) is 9.75. The first-order chi connectivity index (χ1) is 12.7. The van der Waals surface area contributed by atoms with Crippen molar-refractivity contribution in [1.82, 2.24) is 0 Å². The number of rotatable bonds is 11. The molecule has 4 N–H and O–H groups in total. The molecule has 27 heavy (non-hydrogen) atoms. The minimum absolute atomic E-state index is 0.174. The van der Waals surface area contributed by atoms with Gasteiger partial charge in [-0.3, -0.25) is 4.57 Å². The Labute approximate surface area is 163 Å². The zero-order valence-electron chi connectivity index (χ0n) is 16.6. The first-order valence-corrected chi connectivity index (χ1v) is 12.1. The Kier molecular flexibility index (Phi) is 8.81. The largest absolute Gasteiger partial charge is 0.462 e. The highest BCUT2D eigenvalue weighted by molar-refractivity contribution is 7.51. The maximum absolute atomic E-state index is 11.0. The van der Waals surface area contributed by atoms with Crippen LogP contribution in [0.5, 0.6) is 0 Å². The summed E-state index contributed by atoms with van der Waals surface area (Å²) in [6.45, 7) is 1.83. The zero-order valence-corrected chi connectivity index (χ0v) is 17.5. The van der Waals surface area contributed by atoms with E-state index in [9.17, 15) is 4.57 Å². The fraction of sp³-hybridized carbons (Fsp3) is 0.714. The summed E-state index contributed by atoms with van der Waals surface area (Å²) < 4.78 is 16.8. The molecule has 154 valence electrons. The molecular weight excluding hydrogens is 361 g/mol. The first kappa shape index (κ1) is 22.4. The Morgan fingerprint density at radius 1 is 1.26 bits per heavy atom. The normalized spacial score (nSPS) is 18.8. The molecule has 0 saturated heterocycles. The molecule has 1 atom stereocenters. The summed E-state index contributed by atoms with van der Waals surface area (Å²) in [5.41, 5.74) is 5.55. The molecule has 0 aliphatic heterocycles. The number of furan rings is 1. The Bertz CT molecular complexity index is 626. The molecule has 1 heterocycles. The number of hydrogen-bond acceptors (Lipinski definition) is 3. The molecule has 6 heteroatoms. The smallest absolute Gasteiger partial charge is 0.325 e. The maximum Gasteiger partial charge on any atom is 0.325 e. The Morgan fingerprint density at radius 3 is 2.70 bits per heavy atom. The SMILES string of the molecule is CC(N)(CCc1ccc(/C=C/CCCC2CCCCC2)o1)CCP(=O)(O)O. The second-order valence-corrected chi connectivity index (χ2v) is 10.2. The average Bonchev–Trinajstić information content (AvgIpc) is 3.07. The summed E-state index contributed by atoms with van der Waals surface area (Å²) in [5.74, 6) is 2.67. The highest BCUT2D eigenvalue weighted by Gasteiger charge is 2.24. The molecule has 0 bridgehead atoms. The van der Waals surface area contributed by atoms with Gasteiger partial charge in [-0.05, 0) is 56.7 Å². The highest BCUT2D eigenvalue weighted by Crippen LogP contribution is 2.37. The summed E-state index contributed by atoms with van der Waals surface area (Å²) in [6, 6.07) is 3.93. The molecule has 1 aromatic rings. The van der Waals surface area contributed by atoms with Crippen LogP contribution in [0, 0.1) is 5.92 Å². The van der Waals surface area contributed by atoms with E-state index in [0.29, 0.717) is 19.3 Å². The summed E-state index contributed by atoms with van der Waals surface area (Å²) in [7, 11) is -3.99. The number of aryl methyl sites for hydroxylation is 1. The topological polar surface area (TPSA) is 96.7 Å². The van der Waals surface area contributed by atoms with Crippen LogP contribution in [0.2, 0.25) is 0 Å². The van der Waals surface area contributed by atoms with E-state index in [1.54, 1.807) is 0 Å². The third-order valence-electron chi connectivity index (χ3n) is 5.59. The zero-order chi connectivity index (χ0) is 19.8. The van der Waals surface area contributed by atoms with Crippen LogP contribution in [0.3, 0.4) is 0 Å². The average molecular weight is 397 g/mol. The molecule has 0 radical (unpaired) electrons. The van der Waals surface area contributed by atoms with Crippen LogP contribution in [-0.2, 0) is 11.0 Å². The van der Waals surface area contributed by atoms with Gasteiger partial charge in [0, 0.05) is 12.0 Å². The standard InChI is InChI=1S/C21H36NO4P/c1-21(22,16-17-27(23,24)25)15-14-20-13-12-19(26-20)11-7-3-6-10-18-8-4-2-5-9-18/h7,11-13,18H,2-6,8-10,14-17,22H2,1H3,(H2,23,24,25)/b11-7+. The van der Waals surface area contributed by atoms with Crippen molar-refractivity contribution in [2.45, 2.75) is 83.1 Å². The molecule has 2 rings (SSSR count). The van der Waals surface area contributed by atoms with E-state index in [1.165, 1.54) is 44.9 Å². The van der Waals surface area contributed by atoms with Crippen molar-refractivity contribution in [3.63, 3.8) is 0 Å². The van der Waals surface area contributed by atoms with Gasteiger partial charge in [-0.15, -0.1) is 0 Å². The fourth-order valence-electron chi connectivity index (χ4n) is 3.75. The number of unbranched alkanes of at least 4 members (excludes halogenated alkanes) is 1. The van der Waals surface area contributed by atoms with Crippen molar-refractivity contribution in [2.75, 3.05) is 6.16 Å². The highest BCUT2D eigenvalue weighted by atomic mass is 31.2. The molecule has 1 aliphatic carbocycles. The van der Waals surface area contributed by atoms with Gasteiger partial charge in [0.25, 0.3) is 0 Å². The van der Waals surface area contributed by atoms with Gasteiger partial charge in [0.05, 0.1) is 6.16 Å². The van der Waals surface area contributed by atoms with Crippen LogP contribution in [0.1, 0.15) is 82.7 Å². The number of allylic oxidation sites excluding steroid dienone is 1. The van der Waals surface area contributed by atoms with Gasteiger partial charge in [0.2, 0.25) is 0 Å². The molecule has 1 unspecified atom stereocenters. The van der Waals surface area contributed by atoms with E-state index in [2.05, 4.69) is 6.08 Å². The predicted octanol–water partition coefficient (Wildman–Crippen LogP) is 5.26. The molecule has 0 amide bonds. The second-order valence-electron chi connectivity index (χ2n) is 8.43. The lowest BCUT2D eigenvalue weighted by molar-refractivity contribution is 0.333. The third-order valence-corrected chi connectivity index (χ3v) is 6.40.